The van der Waals surface area contributed by atoms with Gasteiger partial charge in [0.2, 0.25) is 0 Å². The normalized spacial score (nSPS) is 19.2. The summed E-state index contributed by atoms with van der Waals surface area (Å²) in [7, 11) is 0. The van der Waals surface area contributed by atoms with Gasteiger partial charge in [0.25, 0.3) is 0 Å². The van der Waals surface area contributed by atoms with Crippen molar-refractivity contribution in [3.63, 3.8) is 0 Å². The Hall–Kier alpha value is -1.65. The highest BCUT2D eigenvalue weighted by Crippen LogP contribution is 2.39. The van der Waals surface area contributed by atoms with E-state index in [0.29, 0.717) is 5.92 Å². The molecule has 0 aliphatic heterocycles. The van der Waals surface area contributed by atoms with Crippen molar-refractivity contribution in [1.82, 2.24) is 15.2 Å². The Morgan fingerprint density at radius 1 is 1.38 bits per heavy atom. The first-order valence-corrected chi connectivity index (χ1v) is 7.90. The number of nitrogens with one attached hydrogen (secondary N) is 1. The van der Waals surface area contributed by atoms with Crippen LogP contribution in [0.1, 0.15) is 55.0 Å². The Kier molecular flexibility index (Phi) is 4.36. The third-order valence-corrected chi connectivity index (χ3v) is 4.50. The van der Waals surface area contributed by atoms with Crippen LogP contribution in [-0.2, 0) is 13.0 Å². The number of aryl methyl sites for hydroxylation is 2. The lowest BCUT2D eigenvalue weighted by atomic mass is 9.78. The zero-order valence-corrected chi connectivity index (χ0v) is 12.6. The van der Waals surface area contributed by atoms with E-state index in [2.05, 4.69) is 52.5 Å². The number of rotatable bonds is 5. The predicted molar refractivity (Wildman–Crippen MR) is 84.7 cm³/mol. The van der Waals surface area contributed by atoms with Crippen molar-refractivity contribution in [2.75, 3.05) is 0 Å². The molecule has 0 spiro atoms. The molecule has 3 rings (SSSR count). The molecule has 1 aliphatic carbocycles. The van der Waals surface area contributed by atoms with Crippen LogP contribution in [0.3, 0.4) is 0 Å². The van der Waals surface area contributed by atoms with Gasteiger partial charge in [-0.1, -0.05) is 31.2 Å². The monoisotopic (exact) mass is 284 g/mol. The molecule has 0 amide bonds. The highest BCUT2D eigenvalue weighted by Gasteiger charge is 2.30. The quantitative estimate of drug-likeness (QED) is 0.655. The number of nitrogens with two attached hydrogens (primary N) is 1. The SMILES string of the molecule is CCCn1nccc1C(NN)C1CCCc2ccccc21. The van der Waals surface area contributed by atoms with E-state index in [4.69, 9.17) is 5.84 Å². The van der Waals surface area contributed by atoms with Gasteiger partial charge in [0.05, 0.1) is 11.7 Å². The van der Waals surface area contributed by atoms with Crippen molar-refractivity contribution in [2.45, 2.75) is 51.1 Å². The Morgan fingerprint density at radius 2 is 2.24 bits per heavy atom. The van der Waals surface area contributed by atoms with Gasteiger partial charge >= 0.3 is 0 Å². The first kappa shape index (κ1) is 14.3. The van der Waals surface area contributed by atoms with E-state index < -0.39 is 0 Å². The zero-order chi connectivity index (χ0) is 14.7. The molecular formula is C17H24N4. The highest BCUT2D eigenvalue weighted by molar-refractivity contribution is 5.35. The number of hydrogen-bond donors (Lipinski definition) is 2. The third kappa shape index (κ3) is 2.74. The summed E-state index contributed by atoms with van der Waals surface area (Å²) in [5, 5.41) is 4.45. The van der Waals surface area contributed by atoms with Gasteiger partial charge in [-0.2, -0.15) is 5.10 Å². The van der Waals surface area contributed by atoms with Gasteiger partial charge < -0.3 is 0 Å². The Labute approximate surface area is 126 Å². The predicted octanol–water partition coefficient (Wildman–Crippen LogP) is 2.92. The summed E-state index contributed by atoms with van der Waals surface area (Å²) in [6.07, 6.45) is 6.53. The fourth-order valence-corrected chi connectivity index (χ4v) is 3.55. The molecule has 0 fully saturated rings. The van der Waals surface area contributed by atoms with Crippen LogP contribution in [0.15, 0.2) is 36.5 Å². The molecule has 1 aromatic carbocycles. The standard InChI is InChI=1S/C17H24N4/c1-2-12-21-16(10-11-19-21)17(20-18)15-9-5-7-13-6-3-4-8-14(13)15/h3-4,6,8,10-11,15,17,20H,2,5,7,9,12,18H2,1H3. The Balaban J connectivity index is 1.96. The van der Waals surface area contributed by atoms with Crippen LogP contribution in [0.25, 0.3) is 0 Å². The Morgan fingerprint density at radius 3 is 3.05 bits per heavy atom. The van der Waals surface area contributed by atoms with Gasteiger partial charge in [0.15, 0.2) is 0 Å². The van der Waals surface area contributed by atoms with Crippen molar-refractivity contribution in [1.29, 1.82) is 0 Å². The van der Waals surface area contributed by atoms with Crippen molar-refractivity contribution in [3.05, 3.63) is 53.3 Å². The second-order valence-corrected chi connectivity index (χ2v) is 5.82. The minimum absolute atomic E-state index is 0.125. The lowest BCUT2D eigenvalue weighted by molar-refractivity contribution is 0.381. The second-order valence-electron chi connectivity index (χ2n) is 5.82. The molecular weight excluding hydrogens is 260 g/mol. The van der Waals surface area contributed by atoms with Crippen molar-refractivity contribution >= 4 is 0 Å². The number of benzene rings is 1. The molecule has 112 valence electrons. The molecule has 2 unspecified atom stereocenters. The van der Waals surface area contributed by atoms with E-state index in [-0.39, 0.29) is 6.04 Å². The summed E-state index contributed by atoms with van der Waals surface area (Å²) >= 11 is 0. The van der Waals surface area contributed by atoms with Crippen LogP contribution in [-0.4, -0.2) is 9.78 Å². The van der Waals surface area contributed by atoms with Gasteiger partial charge in [-0.05, 0) is 42.9 Å². The third-order valence-electron chi connectivity index (χ3n) is 4.50. The van der Waals surface area contributed by atoms with E-state index in [1.54, 1.807) is 0 Å². The second kappa shape index (κ2) is 6.41. The van der Waals surface area contributed by atoms with Crippen LogP contribution >= 0.6 is 0 Å². The number of nitrogens with zero attached hydrogens (tertiary/aromatic N) is 2. The van der Waals surface area contributed by atoms with E-state index >= 15 is 0 Å². The maximum Gasteiger partial charge on any atom is 0.0697 e. The van der Waals surface area contributed by atoms with Gasteiger partial charge in [-0.3, -0.25) is 16.0 Å². The number of aromatic nitrogens is 2. The molecule has 1 aromatic heterocycles. The van der Waals surface area contributed by atoms with Gasteiger partial charge in [0, 0.05) is 18.7 Å². The van der Waals surface area contributed by atoms with Crippen LogP contribution in [0.2, 0.25) is 0 Å². The van der Waals surface area contributed by atoms with Crippen LogP contribution < -0.4 is 11.3 Å². The van der Waals surface area contributed by atoms with Crippen molar-refractivity contribution in [3.8, 4) is 0 Å². The van der Waals surface area contributed by atoms with Crippen LogP contribution in [0.4, 0.5) is 0 Å². The van der Waals surface area contributed by atoms with Gasteiger partial charge in [-0.15, -0.1) is 0 Å². The smallest absolute Gasteiger partial charge is 0.0697 e. The lowest BCUT2D eigenvalue weighted by Crippen LogP contribution is -2.35. The fourth-order valence-electron chi connectivity index (χ4n) is 3.55. The maximum absolute atomic E-state index is 5.93. The Bertz CT molecular complexity index is 590. The minimum Gasteiger partial charge on any atom is -0.271 e. The molecule has 21 heavy (non-hydrogen) atoms. The molecule has 3 N–H and O–H groups in total. The van der Waals surface area contributed by atoms with E-state index in [1.807, 2.05) is 6.20 Å². The summed E-state index contributed by atoms with van der Waals surface area (Å²) in [4.78, 5) is 0. The van der Waals surface area contributed by atoms with Gasteiger partial charge in [0.1, 0.15) is 0 Å². The van der Waals surface area contributed by atoms with Crippen LogP contribution in [0.5, 0.6) is 0 Å². The number of fused-ring (bicyclic) bond motifs is 1. The lowest BCUT2D eigenvalue weighted by Gasteiger charge is -2.32. The van der Waals surface area contributed by atoms with Crippen molar-refractivity contribution in [2.24, 2.45) is 5.84 Å². The number of hydrogen-bond acceptors (Lipinski definition) is 3. The summed E-state index contributed by atoms with van der Waals surface area (Å²) < 4.78 is 2.09. The molecule has 1 heterocycles. The average molecular weight is 284 g/mol. The first-order valence-electron chi connectivity index (χ1n) is 7.90. The molecule has 0 bridgehead atoms. The molecule has 2 atom stereocenters. The van der Waals surface area contributed by atoms with E-state index in [1.165, 1.54) is 36.1 Å². The summed E-state index contributed by atoms with van der Waals surface area (Å²) in [6, 6.07) is 11.0. The first-order chi connectivity index (χ1) is 10.3. The largest absolute Gasteiger partial charge is 0.271 e. The zero-order valence-electron chi connectivity index (χ0n) is 12.6. The molecule has 0 saturated heterocycles. The molecule has 0 radical (unpaired) electrons. The molecule has 0 saturated carbocycles. The van der Waals surface area contributed by atoms with Crippen LogP contribution in [0, 0.1) is 0 Å². The van der Waals surface area contributed by atoms with Gasteiger partial charge in [-0.25, -0.2) is 0 Å². The molecule has 1 aliphatic rings. The highest BCUT2D eigenvalue weighted by atomic mass is 15.3. The summed E-state index contributed by atoms with van der Waals surface area (Å²) in [5.41, 5.74) is 7.16. The van der Waals surface area contributed by atoms with Crippen molar-refractivity contribution < 1.29 is 0 Å². The van der Waals surface area contributed by atoms with E-state index in [0.717, 1.165) is 13.0 Å². The maximum atomic E-state index is 5.93. The van der Waals surface area contributed by atoms with E-state index in [9.17, 15) is 0 Å². The minimum atomic E-state index is 0.125. The molecule has 4 heteroatoms. The fraction of sp³-hybridized carbons (Fsp3) is 0.471. The number of hydrazine groups is 1. The topological polar surface area (TPSA) is 55.9 Å². The summed E-state index contributed by atoms with van der Waals surface area (Å²) in [6.45, 7) is 3.11. The summed E-state index contributed by atoms with van der Waals surface area (Å²) in [5.74, 6) is 6.35. The molecule has 2 aromatic rings. The average Bonchev–Trinajstić information content (AvgIpc) is 2.97. The molecule has 4 nitrogen and oxygen atoms in total.